The third kappa shape index (κ3) is 69.3. The van der Waals surface area contributed by atoms with Crippen LogP contribution in [0, 0.1) is 0 Å². The standard InChI is InChI=1S/C77H136O6/c1-4-7-10-13-16-19-22-25-28-30-32-34-36-37-38-39-41-42-44-46-49-52-55-58-61-64-67-70-76(79)82-73-74(72-81-75(78)69-66-63-60-57-54-51-48-27-24-21-18-15-12-9-6-3)83-77(80)71-68-65-62-59-56-53-50-47-45-43-40-35-33-31-29-26-23-20-17-14-11-8-5-2/h8,11,17-18,20-21,26-27,29,33,35,43,45,48,74H,4-7,9-10,12-16,19,22-25,28,30-32,34,36-42,44,46-47,49-73H2,1-3H3/b11-8-,20-17-,21-18-,29-26-,35-33-,45-43-,48-27-. The predicted molar refractivity (Wildman–Crippen MR) is 362 cm³/mol. The van der Waals surface area contributed by atoms with Crippen LogP contribution in [0.5, 0.6) is 0 Å². The first-order valence-corrected chi connectivity index (χ1v) is 36.1. The van der Waals surface area contributed by atoms with Crippen molar-refractivity contribution >= 4 is 17.9 Å². The Bertz CT molecular complexity index is 1570. The van der Waals surface area contributed by atoms with E-state index < -0.39 is 6.10 Å². The molecular formula is C77H136O6. The molecule has 0 aromatic carbocycles. The van der Waals surface area contributed by atoms with Gasteiger partial charge in [0.25, 0.3) is 0 Å². The third-order valence-electron chi connectivity index (χ3n) is 15.9. The van der Waals surface area contributed by atoms with Gasteiger partial charge in [0.15, 0.2) is 6.10 Å². The van der Waals surface area contributed by atoms with Crippen molar-refractivity contribution in [1.29, 1.82) is 0 Å². The van der Waals surface area contributed by atoms with E-state index in [4.69, 9.17) is 14.2 Å². The second-order valence-corrected chi connectivity index (χ2v) is 24.1. The molecule has 1 unspecified atom stereocenters. The normalized spacial score (nSPS) is 12.6. The topological polar surface area (TPSA) is 78.9 Å². The minimum atomic E-state index is -0.790. The van der Waals surface area contributed by atoms with E-state index in [0.29, 0.717) is 19.3 Å². The second kappa shape index (κ2) is 71.1. The molecule has 0 spiro atoms. The van der Waals surface area contributed by atoms with Gasteiger partial charge in [-0.1, -0.05) is 337 Å². The summed E-state index contributed by atoms with van der Waals surface area (Å²) in [6, 6.07) is 0. The third-order valence-corrected chi connectivity index (χ3v) is 15.9. The molecule has 0 aliphatic heterocycles. The summed E-state index contributed by atoms with van der Waals surface area (Å²) < 4.78 is 17.0. The summed E-state index contributed by atoms with van der Waals surface area (Å²) >= 11 is 0. The summed E-state index contributed by atoms with van der Waals surface area (Å²) in [6.45, 7) is 6.53. The maximum atomic E-state index is 13.0. The van der Waals surface area contributed by atoms with Gasteiger partial charge in [-0.05, 0) is 96.3 Å². The Kier molecular flexibility index (Phi) is 68.2. The van der Waals surface area contributed by atoms with Crippen molar-refractivity contribution in [2.45, 2.75) is 374 Å². The lowest BCUT2D eigenvalue weighted by Crippen LogP contribution is -2.30. The van der Waals surface area contributed by atoms with E-state index in [2.05, 4.69) is 106 Å². The van der Waals surface area contributed by atoms with Gasteiger partial charge in [0.2, 0.25) is 0 Å². The first-order valence-electron chi connectivity index (χ1n) is 36.1. The summed E-state index contributed by atoms with van der Waals surface area (Å²) in [6.07, 6.45) is 94.7. The largest absolute Gasteiger partial charge is 0.462 e. The van der Waals surface area contributed by atoms with Gasteiger partial charge in [-0.15, -0.1) is 0 Å². The van der Waals surface area contributed by atoms with Crippen LogP contribution >= 0.6 is 0 Å². The number of rotatable bonds is 66. The van der Waals surface area contributed by atoms with Crippen molar-refractivity contribution in [3.8, 4) is 0 Å². The number of carbonyl (C=O) groups is 3. The smallest absolute Gasteiger partial charge is 0.306 e. The van der Waals surface area contributed by atoms with Gasteiger partial charge in [0.05, 0.1) is 0 Å². The number of hydrogen-bond donors (Lipinski definition) is 0. The molecule has 480 valence electrons. The maximum Gasteiger partial charge on any atom is 0.306 e. The van der Waals surface area contributed by atoms with Crippen molar-refractivity contribution in [3.05, 3.63) is 85.1 Å². The lowest BCUT2D eigenvalue weighted by molar-refractivity contribution is -0.167. The minimum absolute atomic E-state index is 0.0827. The molecule has 0 aromatic heterocycles. The van der Waals surface area contributed by atoms with Crippen molar-refractivity contribution in [2.75, 3.05) is 13.2 Å². The number of carbonyl (C=O) groups excluding carboxylic acids is 3. The fraction of sp³-hybridized carbons (Fsp3) is 0.779. The number of esters is 3. The summed E-state index contributed by atoms with van der Waals surface area (Å²) in [5.74, 6) is -0.889. The van der Waals surface area contributed by atoms with Crippen molar-refractivity contribution in [1.82, 2.24) is 0 Å². The van der Waals surface area contributed by atoms with E-state index in [-0.39, 0.29) is 31.1 Å². The van der Waals surface area contributed by atoms with Crippen molar-refractivity contribution in [2.24, 2.45) is 0 Å². The zero-order valence-electron chi connectivity index (χ0n) is 55.2. The van der Waals surface area contributed by atoms with Crippen LogP contribution in [0.2, 0.25) is 0 Å². The molecule has 0 fully saturated rings. The molecule has 0 amide bonds. The van der Waals surface area contributed by atoms with Crippen molar-refractivity contribution in [3.63, 3.8) is 0 Å². The molecule has 6 heteroatoms. The lowest BCUT2D eigenvalue weighted by Gasteiger charge is -2.18. The highest BCUT2D eigenvalue weighted by atomic mass is 16.6. The summed E-state index contributed by atoms with van der Waals surface area (Å²) in [5, 5.41) is 0. The van der Waals surface area contributed by atoms with Crippen LogP contribution < -0.4 is 0 Å². The molecule has 0 heterocycles. The molecule has 6 nitrogen and oxygen atoms in total. The fourth-order valence-corrected chi connectivity index (χ4v) is 10.5. The number of ether oxygens (including phenoxy) is 3. The monoisotopic (exact) mass is 1160 g/mol. The second-order valence-electron chi connectivity index (χ2n) is 24.1. The van der Waals surface area contributed by atoms with Gasteiger partial charge in [-0.2, -0.15) is 0 Å². The molecule has 0 radical (unpaired) electrons. The zero-order chi connectivity index (χ0) is 59.9. The van der Waals surface area contributed by atoms with Gasteiger partial charge < -0.3 is 14.2 Å². The quantitative estimate of drug-likeness (QED) is 0.0261. The molecule has 0 N–H and O–H groups in total. The summed E-state index contributed by atoms with van der Waals surface area (Å²) in [7, 11) is 0. The van der Waals surface area contributed by atoms with E-state index >= 15 is 0 Å². The first kappa shape index (κ1) is 79.6. The number of unbranched alkanes of at least 4 members (excludes halogenated alkanes) is 41. The van der Waals surface area contributed by atoms with E-state index in [9.17, 15) is 14.4 Å². The van der Waals surface area contributed by atoms with E-state index in [1.165, 1.54) is 212 Å². The molecular weight excluding hydrogens is 1020 g/mol. The lowest BCUT2D eigenvalue weighted by atomic mass is 10.0. The van der Waals surface area contributed by atoms with Gasteiger partial charge in [0.1, 0.15) is 13.2 Å². The molecule has 0 aliphatic rings. The molecule has 83 heavy (non-hydrogen) atoms. The fourth-order valence-electron chi connectivity index (χ4n) is 10.5. The molecule has 0 aromatic rings. The Balaban J connectivity index is 4.30. The Labute approximate surface area is 515 Å². The maximum absolute atomic E-state index is 13.0. The summed E-state index contributed by atoms with van der Waals surface area (Å²) in [5.41, 5.74) is 0. The van der Waals surface area contributed by atoms with E-state index in [1.54, 1.807) is 0 Å². The Morgan fingerprint density at radius 2 is 0.470 bits per heavy atom. The van der Waals surface area contributed by atoms with Crippen LogP contribution in [0.25, 0.3) is 0 Å². The summed E-state index contributed by atoms with van der Waals surface area (Å²) in [4.78, 5) is 38.5. The van der Waals surface area contributed by atoms with E-state index in [1.807, 2.05) is 0 Å². The van der Waals surface area contributed by atoms with Gasteiger partial charge in [0, 0.05) is 19.3 Å². The van der Waals surface area contributed by atoms with E-state index in [0.717, 1.165) is 116 Å². The highest BCUT2D eigenvalue weighted by molar-refractivity contribution is 5.71. The number of hydrogen-bond acceptors (Lipinski definition) is 6. The van der Waals surface area contributed by atoms with Gasteiger partial charge in [-0.25, -0.2) is 0 Å². The average molecular weight is 1160 g/mol. The number of allylic oxidation sites excluding steroid dienone is 14. The van der Waals surface area contributed by atoms with Crippen molar-refractivity contribution < 1.29 is 28.6 Å². The van der Waals surface area contributed by atoms with Crippen LogP contribution in [-0.4, -0.2) is 37.2 Å². The Morgan fingerprint density at radius 3 is 0.759 bits per heavy atom. The Hall–Kier alpha value is -3.41. The zero-order valence-corrected chi connectivity index (χ0v) is 55.2. The minimum Gasteiger partial charge on any atom is -0.462 e. The molecule has 1 atom stereocenters. The van der Waals surface area contributed by atoms with Crippen LogP contribution in [0.4, 0.5) is 0 Å². The van der Waals surface area contributed by atoms with Crippen LogP contribution in [-0.2, 0) is 28.6 Å². The van der Waals surface area contributed by atoms with Gasteiger partial charge >= 0.3 is 17.9 Å². The Morgan fingerprint density at radius 1 is 0.253 bits per heavy atom. The molecule has 0 rings (SSSR count). The predicted octanol–water partition coefficient (Wildman–Crippen LogP) is 25.0. The highest BCUT2D eigenvalue weighted by Crippen LogP contribution is 2.18. The first-order chi connectivity index (χ1) is 41.0. The SMILES string of the molecule is CC/C=C\C/C=C\C/C=C\C/C=C\C/C=C\CCCCCCCCCC(=O)OC(COC(=O)CCCCCCC/C=C\C/C=C\CCCCC)COC(=O)CCCCCCCCCCCCCCCCCCCCCCCCCCCCC. The molecule has 0 saturated heterocycles. The van der Waals surface area contributed by atoms with Crippen LogP contribution in [0.3, 0.4) is 0 Å². The molecule has 0 aliphatic carbocycles. The van der Waals surface area contributed by atoms with Gasteiger partial charge in [-0.3, -0.25) is 14.4 Å². The average Bonchev–Trinajstić information content (AvgIpc) is 3.49. The molecule has 0 bridgehead atoms. The highest BCUT2D eigenvalue weighted by Gasteiger charge is 2.19. The van der Waals surface area contributed by atoms with Crippen LogP contribution in [0.1, 0.15) is 367 Å². The molecule has 0 saturated carbocycles. The van der Waals surface area contributed by atoms with Crippen LogP contribution in [0.15, 0.2) is 85.1 Å².